The Morgan fingerprint density at radius 3 is 2.68 bits per heavy atom. The summed E-state index contributed by atoms with van der Waals surface area (Å²) < 4.78 is 61.0. The molecule has 0 saturated carbocycles. The second-order valence-electron chi connectivity index (χ2n) is 8.38. The minimum absolute atomic E-state index is 0.00692. The molecule has 1 saturated heterocycles. The van der Waals surface area contributed by atoms with Crippen molar-refractivity contribution in [2.75, 3.05) is 31.1 Å². The van der Waals surface area contributed by atoms with Crippen molar-refractivity contribution in [3.05, 3.63) is 78.0 Å². The lowest BCUT2D eigenvalue weighted by Crippen LogP contribution is -2.62. The van der Waals surface area contributed by atoms with Crippen molar-refractivity contribution >= 4 is 27.7 Å². The molecule has 1 aromatic carbocycles. The zero-order valence-corrected chi connectivity index (χ0v) is 21.5. The maximum atomic E-state index is 14.6. The van der Waals surface area contributed by atoms with Crippen LogP contribution < -0.4 is 14.8 Å². The van der Waals surface area contributed by atoms with Gasteiger partial charge in [-0.05, 0) is 25.1 Å². The van der Waals surface area contributed by atoms with Gasteiger partial charge in [-0.15, -0.1) is 11.8 Å². The van der Waals surface area contributed by atoms with E-state index in [9.17, 15) is 22.3 Å². The number of ether oxygens (including phenoxy) is 1. The molecule has 3 N–H and O–H groups in total. The van der Waals surface area contributed by atoms with E-state index in [4.69, 9.17) is 9.88 Å². The first-order valence-corrected chi connectivity index (χ1v) is 13.8. The molecule has 1 aliphatic heterocycles. The van der Waals surface area contributed by atoms with Crippen molar-refractivity contribution in [3.63, 3.8) is 0 Å². The Hall–Kier alpha value is -2.91. The highest BCUT2D eigenvalue weighted by molar-refractivity contribution is 8.00. The Morgan fingerprint density at radius 1 is 1.22 bits per heavy atom. The smallest absolute Gasteiger partial charge is 0.278 e. The van der Waals surface area contributed by atoms with Crippen LogP contribution >= 0.6 is 11.8 Å². The van der Waals surface area contributed by atoms with Crippen LogP contribution in [0.15, 0.2) is 55.1 Å². The summed E-state index contributed by atoms with van der Waals surface area (Å²) in [6.07, 6.45) is 3.87. The van der Waals surface area contributed by atoms with Gasteiger partial charge in [0.1, 0.15) is 17.3 Å². The molecular weight excluding hydrogens is 526 g/mol. The molecule has 198 valence electrons. The molecule has 0 bridgehead atoms. The molecule has 3 heterocycles. The zero-order chi connectivity index (χ0) is 26.6. The van der Waals surface area contributed by atoms with Crippen LogP contribution in [0, 0.1) is 11.6 Å². The number of nitrogens with two attached hydrogens (primary N) is 1. The van der Waals surface area contributed by atoms with Gasteiger partial charge in [-0.1, -0.05) is 12.1 Å². The van der Waals surface area contributed by atoms with Gasteiger partial charge in [0.25, 0.3) is 10.2 Å². The number of aliphatic hydroxyl groups excluding tert-OH is 1. The lowest BCUT2D eigenvalue weighted by molar-refractivity contribution is 0.124. The molecule has 0 aliphatic carbocycles. The third kappa shape index (κ3) is 5.99. The lowest BCUT2D eigenvalue weighted by Gasteiger charge is -2.48. The normalized spacial score (nSPS) is 19.5. The van der Waals surface area contributed by atoms with Crippen LogP contribution in [0.2, 0.25) is 0 Å². The quantitative estimate of drug-likeness (QED) is 0.409. The molecule has 1 aliphatic rings. The third-order valence-electron chi connectivity index (χ3n) is 5.84. The van der Waals surface area contributed by atoms with E-state index in [0.29, 0.717) is 6.54 Å². The molecule has 4 rings (SSSR count). The van der Waals surface area contributed by atoms with Gasteiger partial charge in [0.05, 0.1) is 18.8 Å². The fourth-order valence-corrected chi connectivity index (χ4v) is 6.76. The number of aliphatic hydroxyl groups is 1. The van der Waals surface area contributed by atoms with Gasteiger partial charge < -0.3 is 14.7 Å². The van der Waals surface area contributed by atoms with Crippen LogP contribution in [0.25, 0.3) is 0 Å². The number of halogens is 2. The minimum Gasteiger partial charge on any atom is -0.472 e. The van der Waals surface area contributed by atoms with Crippen molar-refractivity contribution < 1.29 is 27.0 Å². The average Bonchev–Trinajstić information content (AvgIpc) is 2.89. The first-order valence-electron chi connectivity index (χ1n) is 11.3. The Kier molecular flexibility index (Phi) is 8.23. The molecular formula is C23H26F2N6O4S2. The van der Waals surface area contributed by atoms with Gasteiger partial charge in [0, 0.05) is 48.6 Å². The molecule has 2 atom stereocenters. The zero-order valence-electron chi connectivity index (χ0n) is 19.9. The number of nitrogens with zero attached hydrogens (tertiary/aromatic N) is 5. The van der Waals surface area contributed by atoms with Crippen molar-refractivity contribution in [1.29, 1.82) is 0 Å². The molecule has 10 nitrogen and oxygen atoms in total. The summed E-state index contributed by atoms with van der Waals surface area (Å²) in [4.78, 5) is 13.0. The summed E-state index contributed by atoms with van der Waals surface area (Å²) in [6, 6.07) is 8.86. The molecule has 0 amide bonds. The highest BCUT2D eigenvalue weighted by Crippen LogP contribution is 2.46. The summed E-state index contributed by atoms with van der Waals surface area (Å²) in [5, 5.41) is 15.1. The highest BCUT2D eigenvalue weighted by atomic mass is 32.2. The summed E-state index contributed by atoms with van der Waals surface area (Å²) in [5.41, 5.74) is 1.07. The topological polar surface area (TPSA) is 135 Å². The van der Waals surface area contributed by atoms with E-state index < -0.39 is 32.8 Å². The molecule has 14 heteroatoms. The minimum atomic E-state index is -4.29. The predicted octanol–water partition coefficient (Wildman–Crippen LogP) is 2.02. The number of benzene rings is 1. The van der Waals surface area contributed by atoms with E-state index in [1.165, 1.54) is 24.5 Å². The Bertz CT molecular complexity index is 1340. The fourth-order valence-electron chi connectivity index (χ4n) is 4.04. The second-order valence-corrected chi connectivity index (χ2v) is 11.1. The van der Waals surface area contributed by atoms with Gasteiger partial charge in [-0.2, -0.15) is 12.7 Å². The van der Waals surface area contributed by atoms with Crippen molar-refractivity contribution in [3.8, 4) is 5.88 Å². The first-order chi connectivity index (χ1) is 17.6. The Morgan fingerprint density at radius 2 is 1.97 bits per heavy atom. The summed E-state index contributed by atoms with van der Waals surface area (Å²) >= 11 is 1.05. The summed E-state index contributed by atoms with van der Waals surface area (Å²) in [6.45, 7) is 1.75. The number of piperazine rings is 1. The monoisotopic (exact) mass is 552 g/mol. The number of hydrogen-bond donors (Lipinski definition) is 2. The average molecular weight is 553 g/mol. The largest absolute Gasteiger partial charge is 0.472 e. The fraction of sp³-hybridized carbons (Fsp3) is 0.348. The van der Waals surface area contributed by atoms with Crippen LogP contribution in [-0.4, -0.2) is 65.1 Å². The van der Waals surface area contributed by atoms with Gasteiger partial charge in [-0.25, -0.2) is 23.9 Å². The van der Waals surface area contributed by atoms with Gasteiger partial charge >= 0.3 is 0 Å². The predicted molar refractivity (Wildman–Crippen MR) is 135 cm³/mol. The van der Waals surface area contributed by atoms with E-state index >= 15 is 0 Å². The van der Waals surface area contributed by atoms with Gasteiger partial charge in [-0.3, -0.25) is 4.98 Å². The van der Waals surface area contributed by atoms with E-state index in [-0.39, 0.29) is 42.6 Å². The number of anilines is 1. The molecule has 0 radical (unpaired) electrons. The molecule has 3 aromatic rings. The van der Waals surface area contributed by atoms with Crippen LogP contribution in [0.4, 0.5) is 14.5 Å². The van der Waals surface area contributed by atoms with Crippen LogP contribution in [-0.2, 0) is 20.8 Å². The third-order valence-corrected chi connectivity index (χ3v) is 8.55. The van der Waals surface area contributed by atoms with E-state index in [1.54, 1.807) is 31.5 Å². The number of pyridine rings is 1. The van der Waals surface area contributed by atoms with E-state index in [1.807, 2.05) is 4.90 Å². The first kappa shape index (κ1) is 27.1. The lowest BCUT2D eigenvalue weighted by atomic mass is 10.1. The van der Waals surface area contributed by atoms with Gasteiger partial charge in [0.15, 0.2) is 11.6 Å². The second kappa shape index (κ2) is 11.2. The summed E-state index contributed by atoms with van der Waals surface area (Å²) in [7, 11) is -4.29. The maximum Gasteiger partial charge on any atom is 0.278 e. The molecule has 1 unspecified atom stereocenters. The van der Waals surface area contributed by atoms with Crippen LogP contribution in [0.3, 0.4) is 0 Å². The van der Waals surface area contributed by atoms with Crippen molar-refractivity contribution in [1.82, 2.24) is 19.3 Å². The Balaban J connectivity index is 1.84. The molecule has 37 heavy (non-hydrogen) atoms. The van der Waals surface area contributed by atoms with E-state index in [2.05, 4.69) is 15.0 Å². The maximum absolute atomic E-state index is 14.6. The number of hydrogen-bond acceptors (Lipinski definition) is 9. The summed E-state index contributed by atoms with van der Waals surface area (Å²) in [5.74, 6) is -2.00. The van der Waals surface area contributed by atoms with Crippen molar-refractivity contribution in [2.45, 2.75) is 23.7 Å². The van der Waals surface area contributed by atoms with E-state index in [0.717, 1.165) is 27.8 Å². The molecule has 1 fully saturated rings. The molecule has 0 spiro atoms. The number of thioether (sulfide) groups is 1. The highest BCUT2D eigenvalue weighted by Gasteiger charge is 2.50. The van der Waals surface area contributed by atoms with Gasteiger partial charge in [0.2, 0.25) is 5.88 Å². The van der Waals surface area contributed by atoms with Crippen LogP contribution in [0.5, 0.6) is 5.88 Å². The van der Waals surface area contributed by atoms with Crippen molar-refractivity contribution in [2.24, 2.45) is 5.14 Å². The Labute approximate surface area is 217 Å². The SMILES string of the molecule is C[C@H](CO)Oc1cc(C2(SCc3cccc(F)c3F)CN(c3ccncc3)CCN2S(N)(=O)=O)ncn1. The number of rotatable bonds is 9. The molecule has 2 aromatic heterocycles. The number of aromatic nitrogens is 3. The standard InChI is InChI=1S/C23H26F2N6O4S2/c1-16(12-32)35-21-11-20(28-15-29-21)23(36-13-17-3-2-4-19(24)22(17)25)14-30(18-5-7-27-8-6-18)9-10-31(23)37(26,33)34/h2-8,11,15-16,32H,9-10,12-14H2,1H3,(H2,26,33,34)/t16-,23?/m1/s1. The van der Waals surface area contributed by atoms with Crippen LogP contribution in [0.1, 0.15) is 18.2 Å².